The highest BCUT2D eigenvalue weighted by Crippen LogP contribution is 2.38. The number of aromatic nitrogens is 4. The molecule has 41 heavy (non-hydrogen) atoms. The van der Waals surface area contributed by atoms with Crippen molar-refractivity contribution in [2.75, 3.05) is 6.54 Å². The standard InChI is InChI=1S/C30H35N5O5S/c1-6-23-17-34(41(38,39)26-9-8-14-31-29(26)40-23)16-22-15-21(11-10-18(22)3)27(20(5)30(36)37)24-12-13-25-28(19(24)4)32-33-35(25)7-2/h8-15,20,23,27H,6-7,16-17H2,1-5H3,(H,36,37)/t20-,23-,27+/m1/s1. The first kappa shape index (κ1) is 28.7. The molecule has 3 atom stereocenters. The maximum Gasteiger partial charge on any atom is 0.307 e. The van der Waals surface area contributed by atoms with E-state index in [1.165, 1.54) is 16.6 Å². The van der Waals surface area contributed by atoms with Crippen LogP contribution >= 0.6 is 0 Å². The molecular formula is C30H35N5O5S. The van der Waals surface area contributed by atoms with Crippen molar-refractivity contribution in [3.05, 3.63) is 76.5 Å². The number of aliphatic carboxylic acids is 1. The molecule has 2 aromatic carbocycles. The number of pyridine rings is 1. The minimum atomic E-state index is -3.89. The molecule has 0 aliphatic carbocycles. The maximum absolute atomic E-state index is 13.7. The Labute approximate surface area is 240 Å². The van der Waals surface area contributed by atoms with Crippen LogP contribution in [0.25, 0.3) is 11.0 Å². The lowest BCUT2D eigenvalue weighted by atomic mass is 9.79. The highest BCUT2D eigenvalue weighted by atomic mass is 32.2. The van der Waals surface area contributed by atoms with Gasteiger partial charge in [-0.05, 0) is 73.2 Å². The number of sulfonamides is 1. The summed E-state index contributed by atoms with van der Waals surface area (Å²) in [4.78, 5) is 16.6. The fraction of sp³-hybridized carbons (Fsp3) is 0.400. The topological polar surface area (TPSA) is 128 Å². The number of hydrogen-bond donors (Lipinski definition) is 1. The number of hydrogen-bond acceptors (Lipinski definition) is 7. The zero-order valence-corrected chi connectivity index (χ0v) is 24.7. The van der Waals surface area contributed by atoms with E-state index < -0.39 is 27.8 Å². The number of aryl methyl sites for hydroxylation is 3. The molecule has 0 amide bonds. The Bertz CT molecular complexity index is 1720. The van der Waals surface area contributed by atoms with Crippen LogP contribution in [0.5, 0.6) is 5.88 Å². The number of nitrogens with zero attached hydrogens (tertiary/aromatic N) is 5. The second kappa shape index (κ2) is 11.2. The van der Waals surface area contributed by atoms with Crippen molar-refractivity contribution in [3.8, 4) is 5.88 Å². The fourth-order valence-electron chi connectivity index (χ4n) is 5.56. The summed E-state index contributed by atoms with van der Waals surface area (Å²) in [6.45, 7) is 10.5. The fourth-order valence-corrected chi connectivity index (χ4v) is 7.08. The normalized spacial score (nSPS) is 18.3. The second-order valence-electron chi connectivity index (χ2n) is 10.6. The van der Waals surface area contributed by atoms with Crippen LogP contribution in [0.2, 0.25) is 0 Å². The number of fused-ring (bicyclic) bond motifs is 2. The zero-order chi connectivity index (χ0) is 29.5. The first-order valence-corrected chi connectivity index (χ1v) is 15.3. The lowest BCUT2D eigenvalue weighted by Gasteiger charge is -2.26. The molecular weight excluding hydrogens is 542 g/mol. The van der Waals surface area contributed by atoms with Gasteiger partial charge in [-0.15, -0.1) is 5.10 Å². The van der Waals surface area contributed by atoms with E-state index in [9.17, 15) is 18.3 Å². The summed E-state index contributed by atoms with van der Waals surface area (Å²) in [5.74, 6) is -2.04. The molecule has 0 fully saturated rings. The van der Waals surface area contributed by atoms with Crippen LogP contribution in [0.4, 0.5) is 0 Å². The third kappa shape index (κ3) is 5.19. The molecule has 2 aromatic heterocycles. The maximum atomic E-state index is 13.7. The van der Waals surface area contributed by atoms with Crippen LogP contribution in [0.1, 0.15) is 60.9 Å². The Hall–Kier alpha value is -3.83. The molecule has 0 radical (unpaired) electrons. The summed E-state index contributed by atoms with van der Waals surface area (Å²) in [5, 5.41) is 18.7. The van der Waals surface area contributed by atoms with Gasteiger partial charge in [0, 0.05) is 25.2 Å². The van der Waals surface area contributed by atoms with E-state index in [-0.39, 0.29) is 30.0 Å². The van der Waals surface area contributed by atoms with E-state index in [4.69, 9.17) is 4.74 Å². The molecule has 11 heteroatoms. The van der Waals surface area contributed by atoms with Crippen molar-refractivity contribution in [2.24, 2.45) is 5.92 Å². The summed E-state index contributed by atoms with van der Waals surface area (Å²) in [5.41, 5.74) is 5.88. The van der Waals surface area contributed by atoms with Gasteiger partial charge in [0.15, 0.2) is 0 Å². The minimum absolute atomic E-state index is 0.0474. The summed E-state index contributed by atoms with van der Waals surface area (Å²) in [7, 11) is -3.89. The van der Waals surface area contributed by atoms with Crippen LogP contribution in [-0.4, -0.2) is 56.4 Å². The van der Waals surface area contributed by atoms with Crippen molar-refractivity contribution in [2.45, 2.75) is 71.0 Å². The van der Waals surface area contributed by atoms with E-state index in [0.29, 0.717) is 13.0 Å². The van der Waals surface area contributed by atoms with Gasteiger partial charge in [-0.25, -0.2) is 18.1 Å². The quantitative estimate of drug-likeness (QED) is 0.320. The SMILES string of the molecule is CC[C@@H]1CN(Cc2cc([C@@H](c3ccc4c(nnn4CC)c3C)[C@@H](C)C(=O)O)ccc2C)S(=O)(=O)c2cccnc2O1. The zero-order valence-electron chi connectivity index (χ0n) is 23.9. The molecule has 216 valence electrons. The highest BCUT2D eigenvalue weighted by molar-refractivity contribution is 7.89. The van der Waals surface area contributed by atoms with E-state index >= 15 is 0 Å². The highest BCUT2D eigenvalue weighted by Gasteiger charge is 2.36. The predicted octanol–water partition coefficient (Wildman–Crippen LogP) is 4.68. The van der Waals surface area contributed by atoms with Gasteiger partial charge in [0.2, 0.25) is 15.9 Å². The minimum Gasteiger partial charge on any atom is -0.481 e. The van der Waals surface area contributed by atoms with E-state index in [1.807, 2.05) is 62.7 Å². The summed E-state index contributed by atoms with van der Waals surface area (Å²) in [6.07, 6.45) is 1.79. The molecule has 1 aliphatic heterocycles. The van der Waals surface area contributed by atoms with Crippen molar-refractivity contribution in [1.29, 1.82) is 0 Å². The molecule has 3 heterocycles. The smallest absolute Gasteiger partial charge is 0.307 e. The first-order chi connectivity index (χ1) is 19.6. The average Bonchev–Trinajstić information content (AvgIpc) is 3.34. The largest absolute Gasteiger partial charge is 0.481 e. The number of benzene rings is 2. The summed E-state index contributed by atoms with van der Waals surface area (Å²) >= 11 is 0. The third-order valence-corrected chi connectivity index (χ3v) is 9.90. The van der Waals surface area contributed by atoms with E-state index in [0.717, 1.165) is 38.9 Å². The molecule has 0 saturated heterocycles. The Morgan fingerprint density at radius 1 is 1.17 bits per heavy atom. The molecule has 1 N–H and O–H groups in total. The monoisotopic (exact) mass is 577 g/mol. The van der Waals surface area contributed by atoms with Gasteiger partial charge < -0.3 is 9.84 Å². The lowest BCUT2D eigenvalue weighted by Crippen LogP contribution is -2.36. The van der Waals surface area contributed by atoms with Crippen molar-refractivity contribution >= 4 is 27.0 Å². The Morgan fingerprint density at radius 3 is 2.66 bits per heavy atom. The Balaban J connectivity index is 1.59. The Morgan fingerprint density at radius 2 is 1.95 bits per heavy atom. The number of carboxylic acids is 1. The molecule has 1 aliphatic rings. The van der Waals surface area contributed by atoms with Crippen molar-refractivity contribution < 1.29 is 23.1 Å². The van der Waals surface area contributed by atoms with Crippen LogP contribution < -0.4 is 4.74 Å². The Kier molecular flexibility index (Phi) is 7.85. The summed E-state index contributed by atoms with van der Waals surface area (Å²) in [6, 6.07) is 12.8. The van der Waals surface area contributed by atoms with E-state index in [2.05, 4.69) is 15.3 Å². The van der Waals surface area contributed by atoms with Crippen molar-refractivity contribution in [1.82, 2.24) is 24.3 Å². The van der Waals surface area contributed by atoms with Gasteiger partial charge in [0.1, 0.15) is 16.5 Å². The van der Waals surface area contributed by atoms with Gasteiger partial charge in [-0.3, -0.25) is 4.79 Å². The molecule has 0 spiro atoms. The average molecular weight is 578 g/mol. The van der Waals surface area contributed by atoms with Gasteiger partial charge in [0.05, 0.1) is 18.0 Å². The first-order valence-electron chi connectivity index (χ1n) is 13.8. The third-order valence-electron chi connectivity index (χ3n) is 8.08. The number of carboxylic acid groups (broad SMARTS) is 1. The van der Waals surface area contributed by atoms with Crippen LogP contribution in [-0.2, 0) is 27.9 Å². The predicted molar refractivity (Wildman–Crippen MR) is 154 cm³/mol. The summed E-state index contributed by atoms with van der Waals surface area (Å²) < 4.78 is 36.7. The molecule has 0 bridgehead atoms. The molecule has 0 unspecified atom stereocenters. The van der Waals surface area contributed by atoms with Crippen LogP contribution in [0.3, 0.4) is 0 Å². The van der Waals surface area contributed by atoms with Crippen LogP contribution in [0.15, 0.2) is 53.6 Å². The lowest BCUT2D eigenvalue weighted by molar-refractivity contribution is -0.141. The van der Waals surface area contributed by atoms with Gasteiger partial charge in [-0.1, -0.05) is 43.3 Å². The van der Waals surface area contributed by atoms with Crippen molar-refractivity contribution in [3.63, 3.8) is 0 Å². The molecule has 0 saturated carbocycles. The number of carbonyl (C=O) groups is 1. The van der Waals surface area contributed by atoms with Gasteiger partial charge >= 0.3 is 5.97 Å². The molecule has 10 nitrogen and oxygen atoms in total. The molecule has 4 aromatic rings. The number of rotatable bonds is 8. The van der Waals surface area contributed by atoms with Gasteiger partial charge in [-0.2, -0.15) is 4.31 Å². The van der Waals surface area contributed by atoms with Gasteiger partial charge in [0.25, 0.3) is 0 Å². The molecule has 5 rings (SSSR count). The second-order valence-corrected chi connectivity index (χ2v) is 12.5. The van der Waals surface area contributed by atoms with Crippen LogP contribution in [0, 0.1) is 19.8 Å². The van der Waals surface area contributed by atoms with E-state index in [1.54, 1.807) is 13.0 Å². The number of ether oxygens (including phenoxy) is 1.